The van der Waals surface area contributed by atoms with Gasteiger partial charge in [-0.25, -0.2) is 4.79 Å². The lowest BCUT2D eigenvalue weighted by atomic mass is 10.0. The molecule has 0 aliphatic carbocycles. The van der Waals surface area contributed by atoms with Crippen LogP contribution in [0.2, 0.25) is 0 Å². The largest absolute Gasteiger partial charge is 0.480 e. The lowest BCUT2D eigenvalue weighted by Gasteiger charge is -2.30. The molecule has 15 nitrogen and oxygen atoms in total. The van der Waals surface area contributed by atoms with Gasteiger partial charge in [0, 0.05) is 19.6 Å². The van der Waals surface area contributed by atoms with Crippen LogP contribution in [0.3, 0.4) is 0 Å². The zero-order valence-corrected chi connectivity index (χ0v) is 21.6. The van der Waals surface area contributed by atoms with Crippen LogP contribution in [0.15, 0.2) is 9.98 Å². The number of nitrogens with zero attached hydrogens (tertiary/aromatic N) is 3. The molecule has 0 saturated carbocycles. The number of rotatable bonds is 15. The minimum absolute atomic E-state index is 0.0868. The molecule has 1 aliphatic heterocycles. The Balaban J connectivity index is 2.94. The minimum Gasteiger partial charge on any atom is -0.480 e. The SMILES string of the molecule is CC(C)C(N)C(=O)NC(CCCN=C(N)N)C(=O)N1CCCC1C(=O)NC(CCCN=C(N)N)C(=O)O. The van der Waals surface area contributed by atoms with Crippen molar-refractivity contribution in [3.05, 3.63) is 0 Å². The number of guanidine groups is 2. The van der Waals surface area contributed by atoms with Gasteiger partial charge in [0.15, 0.2) is 11.9 Å². The van der Waals surface area contributed by atoms with Gasteiger partial charge in [-0.3, -0.25) is 24.4 Å². The second-order valence-corrected chi connectivity index (χ2v) is 9.32. The number of carbonyl (C=O) groups excluding carboxylic acids is 3. The van der Waals surface area contributed by atoms with E-state index < -0.39 is 47.9 Å². The second-order valence-electron chi connectivity index (χ2n) is 9.32. The third-order valence-electron chi connectivity index (χ3n) is 5.98. The zero-order chi connectivity index (χ0) is 28.1. The van der Waals surface area contributed by atoms with Gasteiger partial charge < -0.3 is 49.3 Å². The van der Waals surface area contributed by atoms with Crippen molar-refractivity contribution >= 4 is 35.6 Å². The lowest BCUT2D eigenvalue weighted by molar-refractivity contribution is -0.145. The normalized spacial score (nSPS) is 17.4. The number of nitrogens with one attached hydrogen (secondary N) is 2. The molecule has 0 bridgehead atoms. The molecule has 0 aromatic carbocycles. The molecule has 210 valence electrons. The molecule has 3 amide bonds. The van der Waals surface area contributed by atoms with E-state index in [1.54, 1.807) is 13.8 Å². The van der Waals surface area contributed by atoms with Crippen molar-refractivity contribution in [1.29, 1.82) is 0 Å². The molecule has 0 aromatic rings. The van der Waals surface area contributed by atoms with Crippen LogP contribution < -0.4 is 39.3 Å². The number of hydrogen-bond acceptors (Lipinski definition) is 7. The maximum atomic E-state index is 13.5. The van der Waals surface area contributed by atoms with Crippen LogP contribution in [-0.2, 0) is 19.2 Å². The fraction of sp³-hybridized carbons (Fsp3) is 0.727. The first kappa shape index (κ1) is 31.4. The monoisotopic (exact) mass is 526 g/mol. The van der Waals surface area contributed by atoms with Gasteiger partial charge >= 0.3 is 5.97 Å². The van der Waals surface area contributed by atoms with E-state index >= 15 is 0 Å². The smallest absolute Gasteiger partial charge is 0.326 e. The zero-order valence-electron chi connectivity index (χ0n) is 21.6. The molecule has 0 aromatic heterocycles. The van der Waals surface area contributed by atoms with Crippen LogP contribution in [0.4, 0.5) is 0 Å². The molecule has 1 fully saturated rings. The number of hydrogen-bond donors (Lipinski definition) is 8. The van der Waals surface area contributed by atoms with E-state index in [1.165, 1.54) is 4.90 Å². The molecule has 37 heavy (non-hydrogen) atoms. The van der Waals surface area contributed by atoms with E-state index in [2.05, 4.69) is 20.6 Å². The van der Waals surface area contributed by atoms with Crippen LogP contribution in [0, 0.1) is 5.92 Å². The van der Waals surface area contributed by atoms with Gasteiger partial charge in [0.2, 0.25) is 17.7 Å². The molecule has 1 heterocycles. The molecule has 4 atom stereocenters. The van der Waals surface area contributed by atoms with Crippen molar-refractivity contribution in [2.75, 3.05) is 19.6 Å². The summed E-state index contributed by atoms with van der Waals surface area (Å²) in [6.07, 6.45) is 1.97. The van der Waals surface area contributed by atoms with E-state index in [9.17, 15) is 24.3 Å². The summed E-state index contributed by atoms with van der Waals surface area (Å²) in [7, 11) is 0. The van der Waals surface area contributed by atoms with Gasteiger partial charge in [-0.15, -0.1) is 0 Å². The summed E-state index contributed by atoms with van der Waals surface area (Å²) in [4.78, 5) is 59.8. The Labute approximate surface area is 216 Å². The first-order valence-electron chi connectivity index (χ1n) is 12.4. The number of carboxylic acids is 1. The number of amides is 3. The standard InChI is InChI=1S/C22H42N10O5/c1-12(2)16(23)18(34)30-13(6-3-9-28-21(24)25)19(35)32-11-5-8-15(32)17(33)31-14(20(36)37)7-4-10-29-22(26)27/h12-16H,3-11,23H2,1-2H3,(H,30,34)(H,31,33)(H,36,37)(H4,24,25,28)(H4,26,27,29). The van der Waals surface area contributed by atoms with Crippen molar-refractivity contribution in [3.63, 3.8) is 0 Å². The highest BCUT2D eigenvalue weighted by molar-refractivity contribution is 5.94. The van der Waals surface area contributed by atoms with Crippen molar-refractivity contribution in [3.8, 4) is 0 Å². The quantitative estimate of drug-likeness (QED) is 0.0613. The van der Waals surface area contributed by atoms with E-state index in [1.807, 2.05) is 0 Å². The molecular formula is C22H42N10O5. The maximum absolute atomic E-state index is 13.5. The van der Waals surface area contributed by atoms with Crippen LogP contribution in [0.5, 0.6) is 0 Å². The van der Waals surface area contributed by atoms with E-state index in [0.29, 0.717) is 25.7 Å². The molecule has 1 saturated heterocycles. The maximum Gasteiger partial charge on any atom is 0.326 e. The lowest BCUT2D eigenvalue weighted by Crippen LogP contribution is -2.57. The van der Waals surface area contributed by atoms with Gasteiger partial charge in [0.1, 0.15) is 18.1 Å². The Kier molecular flexibility index (Phi) is 13.1. The number of carbonyl (C=O) groups is 4. The highest BCUT2D eigenvalue weighted by Gasteiger charge is 2.39. The number of aliphatic carboxylic acids is 1. The molecule has 13 N–H and O–H groups in total. The first-order chi connectivity index (χ1) is 17.3. The van der Waals surface area contributed by atoms with Crippen molar-refractivity contribution < 1.29 is 24.3 Å². The fourth-order valence-corrected chi connectivity index (χ4v) is 3.86. The Morgan fingerprint density at radius 2 is 1.49 bits per heavy atom. The summed E-state index contributed by atoms with van der Waals surface area (Å²) in [6, 6.07) is -3.81. The van der Waals surface area contributed by atoms with E-state index in [4.69, 9.17) is 28.7 Å². The minimum atomic E-state index is -1.21. The Hall–Kier alpha value is -3.62. The summed E-state index contributed by atoms with van der Waals surface area (Å²) in [5, 5.41) is 14.7. The predicted octanol–water partition coefficient (Wildman–Crippen LogP) is -2.88. The predicted molar refractivity (Wildman–Crippen MR) is 139 cm³/mol. The fourth-order valence-electron chi connectivity index (χ4n) is 3.86. The van der Waals surface area contributed by atoms with Crippen LogP contribution in [-0.4, -0.2) is 89.4 Å². The molecule has 15 heteroatoms. The van der Waals surface area contributed by atoms with Gasteiger partial charge in [0.25, 0.3) is 0 Å². The van der Waals surface area contributed by atoms with Crippen LogP contribution in [0.1, 0.15) is 52.4 Å². The summed E-state index contributed by atoms with van der Waals surface area (Å²) in [5.41, 5.74) is 27.2. The molecule has 4 unspecified atom stereocenters. The van der Waals surface area contributed by atoms with Crippen molar-refractivity contribution in [1.82, 2.24) is 15.5 Å². The molecule has 0 radical (unpaired) electrons. The Morgan fingerprint density at radius 3 is 1.97 bits per heavy atom. The van der Waals surface area contributed by atoms with E-state index in [0.717, 1.165) is 0 Å². The second kappa shape index (κ2) is 15.5. The Morgan fingerprint density at radius 1 is 0.946 bits per heavy atom. The highest BCUT2D eigenvalue weighted by Crippen LogP contribution is 2.20. The Bertz CT molecular complexity index is 855. The first-order valence-corrected chi connectivity index (χ1v) is 12.4. The summed E-state index contributed by atoms with van der Waals surface area (Å²) < 4.78 is 0. The average molecular weight is 527 g/mol. The summed E-state index contributed by atoms with van der Waals surface area (Å²) in [5.74, 6) is -3.07. The molecule has 1 aliphatic rings. The van der Waals surface area contributed by atoms with E-state index in [-0.39, 0.29) is 50.3 Å². The number of nitrogens with two attached hydrogens (primary N) is 5. The third kappa shape index (κ3) is 10.9. The molecule has 1 rings (SSSR count). The van der Waals surface area contributed by atoms with Crippen LogP contribution >= 0.6 is 0 Å². The number of carboxylic acid groups (broad SMARTS) is 1. The van der Waals surface area contributed by atoms with Crippen molar-refractivity contribution in [2.24, 2.45) is 44.6 Å². The molecular weight excluding hydrogens is 484 g/mol. The number of aliphatic imine (C=N–C) groups is 2. The van der Waals surface area contributed by atoms with Gasteiger partial charge in [-0.1, -0.05) is 13.8 Å². The van der Waals surface area contributed by atoms with Crippen LogP contribution in [0.25, 0.3) is 0 Å². The molecule has 0 spiro atoms. The van der Waals surface area contributed by atoms with Gasteiger partial charge in [-0.2, -0.15) is 0 Å². The van der Waals surface area contributed by atoms with Crippen molar-refractivity contribution in [2.45, 2.75) is 76.5 Å². The highest BCUT2D eigenvalue weighted by atomic mass is 16.4. The summed E-state index contributed by atoms with van der Waals surface area (Å²) >= 11 is 0. The average Bonchev–Trinajstić information content (AvgIpc) is 3.31. The van der Waals surface area contributed by atoms with Gasteiger partial charge in [-0.05, 0) is 44.4 Å². The number of likely N-dealkylation sites (tertiary alicyclic amines) is 1. The van der Waals surface area contributed by atoms with Gasteiger partial charge in [0.05, 0.1) is 6.04 Å². The third-order valence-corrected chi connectivity index (χ3v) is 5.98. The topological polar surface area (TPSA) is 271 Å². The summed E-state index contributed by atoms with van der Waals surface area (Å²) in [6.45, 7) is 4.33.